The van der Waals surface area contributed by atoms with Gasteiger partial charge < -0.3 is 75.1 Å². The summed E-state index contributed by atoms with van der Waals surface area (Å²) in [7, 11) is 0. The van der Waals surface area contributed by atoms with E-state index in [1.165, 1.54) is 18.2 Å². The van der Waals surface area contributed by atoms with Crippen LogP contribution in [0.1, 0.15) is 0 Å². The number of ether oxygens (including phenoxy) is 4. The number of phenolic OH excluding ortho intramolecular Hbond substituents is 4. The molecule has 2 aliphatic rings. The van der Waals surface area contributed by atoms with E-state index in [0.29, 0.717) is 0 Å². The maximum atomic E-state index is 10.9. The highest BCUT2D eigenvalue weighted by molar-refractivity contribution is 5.88. The molecule has 2 aromatic carbocycles. The zero-order valence-corrected chi connectivity index (χ0v) is 22.1. The van der Waals surface area contributed by atoms with E-state index < -0.39 is 91.9 Å². The molecular formula is C27H31O16+. The third-order valence-electron chi connectivity index (χ3n) is 7.26. The van der Waals surface area contributed by atoms with E-state index in [0.717, 1.165) is 18.2 Å². The Morgan fingerprint density at radius 2 is 1.33 bits per heavy atom. The molecule has 2 aliphatic heterocycles. The van der Waals surface area contributed by atoms with Gasteiger partial charge in [-0.15, -0.1) is 0 Å². The molecule has 2 saturated heterocycles. The Bertz CT molecular complexity index is 1450. The van der Waals surface area contributed by atoms with E-state index in [1.807, 2.05) is 0 Å². The topological polar surface area (TPSA) is 271 Å². The zero-order chi connectivity index (χ0) is 31.2. The first-order valence-electron chi connectivity index (χ1n) is 13.0. The van der Waals surface area contributed by atoms with Crippen molar-refractivity contribution in [3.63, 3.8) is 0 Å². The molecule has 10 atom stereocenters. The van der Waals surface area contributed by atoms with Crippen LogP contribution in [-0.4, -0.2) is 131 Å². The molecule has 16 heteroatoms. The molecule has 5 unspecified atom stereocenters. The van der Waals surface area contributed by atoms with Crippen LogP contribution in [0.15, 0.2) is 40.8 Å². The maximum absolute atomic E-state index is 10.9. The Morgan fingerprint density at radius 1 is 0.674 bits per heavy atom. The molecule has 0 bridgehead atoms. The lowest BCUT2D eigenvalue weighted by Crippen LogP contribution is -2.65. The van der Waals surface area contributed by atoms with Gasteiger partial charge in [-0.3, -0.25) is 0 Å². The van der Waals surface area contributed by atoms with Crippen LogP contribution in [0, 0.1) is 0 Å². The second-order valence-electron chi connectivity index (χ2n) is 10.1. The monoisotopic (exact) mass is 611 g/mol. The van der Waals surface area contributed by atoms with Crippen LogP contribution in [-0.2, 0) is 14.2 Å². The SMILES string of the molecule is OCC1O[C@@H](Oc2cc3c(O)cc(O)cc3[o+]c2-c2ccc(O)c(O)c2)C(O[C@@H]2OC(CO)[C@@H](O)C(O)[C@H]2O)C(O)[C@@H]1O. The van der Waals surface area contributed by atoms with Gasteiger partial charge in [0.05, 0.1) is 24.8 Å². The van der Waals surface area contributed by atoms with Gasteiger partial charge in [-0.1, -0.05) is 0 Å². The van der Waals surface area contributed by atoms with Gasteiger partial charge in [0.1, 0.15) is 59.6 Å². The summed E-state index contributed by atoms with van der Waals surface area (Å²) in [6.45, 7) is -1.56. The summed E-state index contributed by atoms with van der Waals surface area (Å²) in [5.74, 6) is -2.13. The first kappa shape index (κ1) is 30.9. The van der Waals surface area contributed by atoms with Crippen LogP contribution in [0.5, 0.6) is 28.7 Å². The molecule has 0 spiro atoms. The first-order chi connectivity index (χ1) is 20.4. The van der Waals surface area contributed by atoms with Crippen molar-refractivity contribution < 1.29 is 79.5 Å². The second kappa shape index (κ2) is 12.2. The standard InChI is InChI=1S/C27H30O16/c28-7-17-19(34)21(36)23(38)26(41-17)43-25-22(37)20(35)18(8-29)42-27(25)40-16-6-11-13(32)4-10(30)5-15(11)39-24(16)9-1-2-12(31)14(33)3-9/h1-6,17-23,25-29,34-38H,7-8H2,(H3-,30,31,32,33)/p+1/t17?,18?,19-,20-,21?,22?,23-,25?,26+,27-/m1/s1. The van der Waals surface area contributed by atoms with Crippen molar-refractivity contribution in [2.75, 3.05) is 13.2 Å². The van der Waals surface area contributed by atoms with E-state index in [9.17, 15) is 56.2 Å². The largest absolute Gasteiger partial charge is 0.507 e. The summed E-state index contributed by atoms with van der Waals surface area (Å²) in [6, 6.07) is 7.08. The lowest BCUT2D eigenvalue weighted by Gasteiger charge is -2.45. The maximum Gasteiger partial charge on any atom is 0.402 e. The van der Waals surface area contributed by atoms with Crippen molar-refractivity contribution in [3.8, 4) is 40.1 Å². The number of hydrogen-bond acceptors (Lipinski definition) is 15. The minimum absolute atomic E-state index is 0.0288. The zero-order valence-electron chi connectivity index (χ0n) is 22.1. The fourth-order valence-electron chi connectivity index (χ4n) is 4.89. The van der Waals surface area contributed by atoms with Gasteiger partial charge in [-0.25, -0.2) is 4.42 Å². The number of fused-ring (bicyclic) bond motifs is 1. The molecule has 16 nitrogen and oxygen atoms in total. The molecule has 1 aromatic heterocycles. The molecule has 5 rings (SSSR count). The number of aliphatic hydroxyl groups is 7. The van der Waals surface area contributed by atoms with E-state index in [4.69, 9.17) is 23.4 Å². The number of hydrogen-bond donors (Lipinski definition) is 11. The van der Waals surface area contributed by atoms with Gasteiger partial charge in [0, 0.05) is 18.2 Å². The summed E-state index contributed by atoms with van der Waals surface area (Å²) in [5, 5.41) is 112. The number of rotatable bonds is 7. The van der Waals surface area contributed by atoms with Crippen LogP contribution < -0.4 is 4.74 Å². The summed E-state index contributed by atoms with van der Waals surface area (Å²) in [5.41, 5.74) is 0.0892. The average Bonchev–Trinajstić information content (AvgIpc) is 2.98. The predicted molar refractivity (Wildman–Crippen MR) is 140 cm³/mol. The summed E-state index contributed by atoms with van der Waals surface area (Å²) in [6.07, 6.45) is -17.1. The molecule has 3 aromatic rings. The second-order valence-corrected chi connectivity index (χ2v) is 10.1. The van der Waals surface area contributed by atoms with Gasteiger partial charge >= 0.3 is 11.3 Å². The predicted octanol–water partition coefficient (Wildman–Crippen LogP) is -1.79. The highest BCUT2D eigenvalue weighted by atomic mass is 16.8. The van der Waals surface area contributed by atoms with E-state index in [1.54, 1.807) is 0 Å². The summed E-state index contributed by atoms with van der Waals surface area (Å²) >= 11 is 0. The molecule has 2 fully saturated rings. The highest BCUT2D eigenvalue weighted by Crippen LogP contribution is 2.42. The van der Waals surface area contributed by atoms with Crippen molar-refractivity contribution in [2.45, 2.75) is 61.4 Å². The molecule has 234 valence electrons. The van der Waals surface area contributed by atoms with Gasteiger partial charge in [-0.05, 0) is 12.1 Å². The van der Waals surface area contributed by atoms with Gasteiger partial charge in [0.25, 0.3) is 0 Å². The Labute approximate surface area is 242 Å². The molecule has 11 N–H and O–H groups in total. The van der Waals surface area contributed by atoms with Crippen LogP contribution in [0.2, 0.25) is 0 Å². The minimum Gasteiger partial charge on any atom is -0.507 e. The Kier molecular flexibility index (Phi) is 8.77. The van der Waals surface area contributed by atoms with Crippen molar-refractivity contribution in [3.05, 3.63) is 36.4 Å². The Balaban J connectivity index is 1.57. The Morgan fingerprint density at radius 3 is 1.98 bits per heavy atom. The van der Waals surface area contributed by atoms with Crippen LogP contribution in [0.3, 0.4) is 0 Å². The summed E-state index contributed by atoms with van der Waals surface area (Å²) in [4.78, 5) is 0. The number of aromatic hydroxyl groups is 4. The molecular weight excluding hydrogens is 580 g/mol. The highest BCUT2D eigenvalue weighted by Gasteiger charge is 2.51. The van der Waals surface area contributed by atoms with E-state index in [2.05, 4.69) is 0 Å². The lowest BCUT2D eigenvalue weighted by molar-refractivity contribution is -0.357. The average molecular weight is 612 g/mol. The smallest absolute Gasteiger partial charge is 0.402 e. The minimum atomic E-state index is -1.89. The van der Waals surface area contributed by atoms with Crippen LogP contribution in [0.25, 0.3) is 22.3 Å². The van der Waals surface area contributed by atoms with E-state index >= 15 is 0 Å². The van der Waals surface area contributed by atoms with Gasteiger partial charge in [0.15, 0.2) is 23.9 Å². The number of aliphatic hydroxyl groups excluding tert-OH is 7. The third kappa shape index (κ3) is 5.85. The number of phenols is 4. The Hall–Kier alpha value is -3.55. The molecule has 0 aliphatic carbocycles. The molecule has 3 heterocycles. The molecule has 0 amide bonds. The molecule has 0 saturated carbocycles. The first-order valence-corrected chi connectivity index (χ1v) is 13.0. The van der Waals surface area contributed by atoms with E-state index in [-0.39, 0.29) is 33.8 Å². The molecule has 0 radical (unpaired) electrons. The van der Waals surface area contributed by atoms with Crippen molar-refractivity contribution >= 4 is 11.0 Å². The normalized spacial score (nSPS) is 33.0. The van der Waals surface area contributed by atoms with Crippen molar-refractivity contribution in [1.29, 1.82) is 0 Å². The van der Waals surface area contributed by atoms with Crippen LogP contribution in [0.4, 0.5) is 0 Å². The fourth-order valence-corrected chi connectivity index (χ4v) is 4.89. The van der Waals surface area contributed by atoms with Crippen molar-refractivity contribution in [1.82, 2.24) is 0 Å². The molecule has 43 heavy (non-hydrogen) atoms. The third-order valence-corrected chi connectivity index (χ3v) is 7.26. The van der Waals surface area contributed by atoms with Gasteiger partial charge in [0.2, 0.25) is 12.0 Å². The number of benzene rings is 2. The quantitative estimate of drug-likeness (QED) is 0.104. The fraction of sp³-hybridized carbons (Fsp3) is 0.444. The van der Waals surface area contributed by atoms with Gasteiger partial charge in [-0.2, -0.15) is 0 Å². The lowest BCUT2D eigenvalue weighted by atomic mass is 9.97. The van der Waals surface area contributed by atoms with Crippen LogP contribution >= 0.6 is 0 Å². The van der Waals surface area contributed by atoms with Crippen molar-refractivity contribution in [2.24, 2.45) is 0 Å². The summed E-state index contributed by atoms with van der Waals surface area (Å²) < 4.78 is 28.6.